The second-order valence-electron chi connectivity index (χ2n) is 5.89. The summed E-state index contributed by atoms with van der Waals surface area (Å²) in [4.78, 5) is 14.3. The number of carbonyl (C=O) groups is 1. The number of ether oxygens (including phenoxy) is 1. The lowest BCUT2D eigenvalue weighted by molar-refractivity contribution is -0.138. The summed E-state index contributed by atoms with van der Waals surface area (Å²) in [5.41, 5.74) is 5.15. The lowest BCUT2D eigenvalue weighted by Crippen LogP contribution is -2.41. The van der Waals surface area contributed by atoms with E-state index < -0.39 is 0 Å². The molecular formula is C20H23NO2. The Morgan fingerprint density at radius 3 is 2.70 bits per heavy atom. The number of hydrogen-bond donors (Lipinski definition) is 0. The van der Waals surface area contributed by atoms with Crippen molar-refractivity contribution >= 4 is 5.91 Å². The van der Waals surface area contributed by atoms with Crippen LogP contribution < -0.4 is 0 Å². The molecule has 3 nitrogen and oxygen atoms in total. The minimum Gasteiger partial charge on any atom is -0.372 e. The van der Waals surface area contributed by atoms with E-state index in [0.717, 1.165) is 13.0 Å². The number of benzene rings is 2. The van der Waals surface area contributed by atoms with E-state index in [9.17, 15) is 4.79 Å². The molecule has 2 aromatic carbocycles. The van der Waals surface area contributed by atoms with E-state index in [2.05, 4.69) is 49.4 Å². The third-order valence-corrected chi connectivity index (χ3v) is 4.57. The van der Waals surface area contributed by atoms with Gasteiger partial charge in [-0.05, 0) is 42.5 Å². The van der Waals surface area contributed by atoms with E-state index in [0.29, 0.717) is 6.61 Å². The van der Waals surface area contributed by atoms with E-state index in [4.69, 9.17) is 4.74 Å². The molecule has 2 aromatic rings. The van der Waals surface area contributed by atoms with Crippen LogP contribution in [0.15, 0.2) is 48.5 Å². The third kappa shape index (κ3) is 3.15. The highest BCUT2D eigenvalue weighted by Crippen LogP contribution is 2.35. The van der Waals surface area contributed by atoms with Crippen LogP contribution in [0.25, 0.3) is 11.1 Å². The maximum atomic E-state index is 12.3. The summed E-state index contributed by atoms with van der Waals surface area (Å²) in [5.74, 6) is 0.0788. The average Bonchev–Trinajstić information content (AvgIpc) is 2.60. The van der Waals surface area contributed by atoms with E-state index in [-0.39, 0.29) is 18.6 Å². The van der Waals surface area contributed by atoms with Gasteiger partial charge in [0, 0.05) is 13.2 Å². The van der Waals surface area contributed by atoms with Gasteiger partial charge in [-0.3, -0.25) is 4.79 Å². The van der Waals surface area contributed by atoms with Gasteiger partial charge in [-0.25, -0.2) is 0 Å². The van der Waals surface area contributed by atoms with Crippen molar-refractivity contribution in [2.24, 2.45) is 0 Å². The molecule has 0 saturated heterocycles. The van der Waals surface area contributed by atoms with Crippen LogP contribution in [0.4, 0.5) is 0 Å². The SMILES string of the molecule is CCOCC(=O)N1CCc2c(-c3ccccc3)cccc2[C@H]1C. The molecule has 0 bridgehead atoms. The zero-order chi connectivity index (χ0) is 16.2. The standard InChI is InChI=1S/C20H23NO2/c1-3-23-14-20(22)21-13-12-19-17(15(21)2)10-7-11-18(19)16-8-5-4-6-9-16/h4-11,15H,3,12-14H2,1-2H3/t15-/m1/s1. The molecule has 1 amide bonds. The zero-order valence-electron chi connectivity index (χ0n) is 13.8. The fraction of sp³-hybridized carbons (Fsp3) is 0.350. The highest BCUT2D eigenvalue weighted by atomic mass is 16.5. The normalized spacial score (nSPS) is 17.0. The van der Waals surface area contributed by atoms with Crippen molar-refractivity contribution in [3.63, 3.8) is 0 Å². The lowest BCUT2D eigenvalue weighted by atomic mass is 9.87. The fourth-order valence-corrected chi connectivity index (χ4v) is 3.37. The number of hydrogen-bond acceptors (Lipinski definition) is 2. The molecule has 0 unspecified atom stereocenters. The van der Waals surface area contributed by atoms with Crippen molar-refractivity contribution in [3.05, 3.63) is 59.7 Å². The Bertz CT molecular complexity index is 681. The number of rotatable bonds is 4. The van der Waals surface area contributed by atoms with Gasteiger partial charge in [0.1, 0.15) is 6.61 Å². The van der Waals surface area contributed by atoms with Gasteiger partial charge in [0.25, 0.3) is 0 Å². The number of fused-ring (bicyclic) bond motifs is 1. The number of carbonyl (C=O) groups excluding carboxylic acids is 1. The van der Waals surface area contributed by atoms with Gasteiger partial charge in [0.05, 0.1) is 6.04 Å². The Hall–Kier alpha value is -2.13. The van der Waals surface area contributed by atoms with Crippen LogP contribution >= 0.6 is 0 Å². The predicted molar refractivity (Wildman–Crippen MR) is 92.2 cm³/mol. The summed E-state index contributed by atoms with van der Waals surface area (Å²) in [5, 5.41) is 0. The predicted octanol–water partition coefficient (Wildman–Crippen LogP) is 3.84. The van der Waals surface area contributed by atoms with Crippen molar-refractivity contribution in [3.8, 4) is 11.1 Å². The molecular weight excluding hydrogens is 286 g/mol. The van der Waals surface area contributed by atoms with E-state index in [1.807, 2.05) is 17.9 Å². The van der Waals surface area contributed by atoms with Gasteiger partial charge in [-0.15, -0.1) is 0 Å². The van der Waals surface area contributed by atoms with Gasteiger partial charge < -0.3 is 9.64 Å². The Kier molecular flexibility index (Phi) is 4.77. The van der Waals surface area contributed by atoms with Crippen LogP contribution in [-0.4, -0.2) is 30.6 Å². The second-order valence-corrected chi connectivity index (χ2v) is 5.89. The van der Waals surface area contributed by atoms with E-state index >= 15 is 0 Å². The summed E-state index contributed by atoms with van der Waals surface area (Å²) < 4.78 is 5.29. The van der Waals surface area contributed by atoms with Crippen molar-refractivity contribution < 1.29 is 9.53 Å². The molecule has 0 fully saturated rings. The Morgan fingerprint density at radius 1 is 1.17 bits per heavy atom. The van der Waals surface area contributed by atoms with Gasteiger partial charge in [-0.1, -0.05) is 48.5 Å². The first-order valence-corrected chi connectivity index (χ1v) is 8.26. The highest BCUT2D eigenvalue weighted by Gasteiger charge is 2.28. The molecule has 1 aliphatic heterocycles. The van der Waals surface area contributed by atoms with Gasteiger partial charge in [-0.2, -0.15) is 0 Å². The Balaban J connectivity index is 1.91. The van der Waals surface area contributed by atoms with E-state index in [1.54, 1.807) is 0 Å². The summed E-state index contributed by atoms with van der Waals surface area (Å²) in [6, 6.07) is 17.0. The molecule has 0 aliphatic carbocycles. The summed E-state index contributed by atoms with van der Waals surface area (Å²) in [6.45, 7) is 5.52. The fourth-order valence-electron chi connectivity index (χ4n) is 3.37. The number of nitrogens with zero attached hydrogens (tertiary/aromatic N) is 1. The third-order valence-electron chi connectivity index (χ3n) is 4.57. The van der Waals surface area contributed by atoms with Crippen molar-refractivity contribution in [1.82, 2.24) is 4.90 Å². The molecule has 120 valence electrons. The Morgan fingerprint density at radius 2 is 1.96 bits per heavy atom. The molecule has 0 spiro atoms. The second kappa shape index (κ2) is 6.97. The average molecular weight is 309 g/mol. The van der Waals surface area contributed by atoms with Gasteiger partial charge >= 0.3 is 0 Å². The molecule has 0 N–H and O–H groups in total. The summed E-state index contributed by atoms with van der Waals surface area (Å²) in [6.07, 6.45) is 0.891. The largest absolute Gasteiger partial charge is 0.372 e. The molecule has 0 saturated carbocycles. The Labute approximate surface area is 137 Å². The van der Waals surface area contributed by atoms with Crippen LogP contribution in [0, 0.1) is 0 Å². The number of amides is 1. The van der Waals surface area contributed by atoms with Crippen LogP contribution in [-0.2, 0) is 16.0 Å². The molecule has 1 aliphatic rings. The van der Waals surface area contributed by atoms with Crippen molar-refractivity contribution in [2.75, 3.05) is 19.8 Å². The zero-order valence-corrected chi connectivity index (χ0v) is 13.8. The van der Waals surface area contributed by atoms with Gasteiger partial charge in [0.2, 0.25) is 5.91 Å². The van der Waals surface area contributed by atoms with Crippen LogP contribution in [0.1, 0.15) is 31.0 Å². The topological polar surface area (TPSA) is 29.5 Å². The monoisotopic (exact) mass is 309 g/mol. The molecule has 0 radical (unpaired) electrons. The molecule has 1 atom stereocenters. The molecule has 1 heterocycles. The van der Waals surface area contributed by atoms with Crippen molar-refractivity contribution in [1.29, 1.82) is 0 Å². The quantitative estimate of drug-likeness (QED) is 0.859. The van der Waals surface area contributed by atoms with Crippen LogP contribution in [0.2, 0.25) is 0 Å². The van der Waals surface area contributed by atoms with Crippen LogP contribution in [0.3, 0.4) is 0 Å². The molecule has 23 heavy (non-hydrogen) atoms. The highest BCUT2D eigenvalue weighted by molar-refractivity contribution is 5.79. The minimum atomic E-state index is 0.0788. The first-order valence-electron chi connectivity index (χ1n) is 8.26. The molecule has 0 aromatic heterocycles. The maximum Gasteiger partial charge on any atom is 0.249 e. The smallest absolute Gasteiger partial charge is 0.249 e. The molecule has 3 rings (SSSR count). The summed E-state index contributed by atoms with van der Waals surface area (Å²) in [7, 11) is 0. The van der Waals surface area contributed by atoms with Crippen molar-refractivity contribution in [2.45, 2.75) is 26.3 Å². The lowest BCUT2D eigenvalue weighted by Gasteiger charge is -2.36. The van der Waals surface area contributed by atoms with E-state index in [1.165, 1.54) is 22.3 Å². The maximum absolute atomic E-state index is 12.3. The minimum absolute atomic E-state index is 0.0788. The summed E-state index contributed by atoms with van der Waals surface area (Å²) >= 11 is 0. The first kappa shape index (κ1) is 15.8. The first-order chi connectivity index (χ1) is 11.2. The van der Waals surface area contributed by atoms with Gasteiger partial charge in [0.15, 0.2) is 0 Å². The molecule has 3 heteroatoms. The van der Waals surface area contributed by atoms with Crippen LogP contribution in [0.5, 0.6) is 0 Å².